The van der Waals surface area contributed by atoms with Gasteiger partial charge in [-0.1, -0.05) is 47.5 Å². The molecule has 0 saturated carbocycles. The quantitative estimate of drug-likeness (QED) is 0.890. The standard InChI is InChI=1S/C15H14ClNO2/c1-10-5-7-11(8-6-10)14(15(18)19)17-13-4-2-3-12(16)9-13/h2-9,14,17H,1H3,(H,18,19)/t14-/m1/s1. The molecule has 0 fully saturated rings. The lowest BCUT2D eigenvalue weighted by Gasteiger charge is -2.16. The van der Waals surface area contributed by atoms with Crippen LogP contribution in [0.4, 0.5) is 5.69 Å². The number of aryl methyl sites for hydroxylation is 1. The van der Waals surface area contributed by atoms with Crippen molar-refractivity contribution in [1.82, 2.24) is 0 Å². The molecule has 19 heavy (non-hydrogen) atoms. The minimum absolute atomic E-state index is 0.568. The molecule has 0 aliphatic rings. The first-order valence-corrected chi connectivity index (χ1v) is 6.25. The fourth-order valence-electron chi connectivity index (χ4n) is 1.79. The molecule has 2 N–H and O–H groups in total. The highest BCUT2D eigenvalue weighted by molar-refractivity contribution is 6.30. The number of carboxylic acid groups (broad SMARTS) is 1. The molecular weight excluding hydrogens is 262 g/mol. The lowest BCUT2D eigenvalue weighted by molar-refractivity contribution is -0.138. The Labute approximate surface area is 116 Å². The summed E-state index contributed by atoms with van der Waals surface area (Å²) in [6, 6.07) is 13.6. The Hall–Kier alpha value is -2.00. The molecular formula is C15H14ClNO2. The third-order valence-electron chi connectivity index (χ3n) is 2.79. The molecule has 0 aliphatic heterocycles. The first-order chi connectivity index (χ1) is 9.06. The summed E-state index contributed by atoms with van der Waals surface area (Å²) >= 11 is 5.89. The van der Waals surface area contributed by atoms with Crippen LogP contribution in [0.5, 0.6) is 0 Å². The summed E-state index contributed by atoms with van der Waals surface area (Å²) in [7, 11) is 0. The van der Waals surface area contributed by atoms with Gasteiger partial charge in [-0.25, -0.2) is 4.79 Å². The van der Waals surface area contributed by atoms with Crippen molar-refractivity contribution in [3.8, 4) is 0 Å². The van der Waals surface area contributed by atoms with Crippen molar-refractivity contribution in [2.75, 3.05) is 5.32 Å². The van der Waals surface area contributed by atoms with Gasteiger partial charge in [0.1, 0.15) is 0 Å². The molecule has 0 saturated heterocycles. The Morgan fingerprint density at radius 2 is 1.89 bits per heavy atom. The summed E-state index contributed by atoms with van der Waals surface area (Å²) in [5.41, 5.74) is 2.48. The molecule has 0 aromatic heterocycles. The van der Waals surface area contributed by atoms with E-state index in [0.717, 1.165) is 5.56 Å². The lowest BCUT2D eigenvalue weighted by atomic mass is 10.0. The highest BCUT2D eigenvalue weighted by atomic mass is 35.5. The van der Waals surface area contributed by atoms with Gasteiger partial charge >= 0.3 is 5.97 Å². The van der Waals surface area contributed by atoms with Gasteiger partial charge in [-0.2, -0.15) is 0 Å². The maximum atomic E-state index is 11.4. The van der Waals surface area contributed by atoms with Crippen LogP contribution in [0, 0.1) is 6.92 Å². The Kier molecular flexibility index (Phi) is 4.07. The molecule has 2 aromatic rings. The largest absolute Gasteiger partial charge is 0.479 e. The van der Waals surface area contributed by atoms with E-state index in [1.165, 1.54) is 0 Å². The minimum atomic E-state index is -0.927. The molecule has 3 nitrogen and oxygen atoms in total. The van der Waals surface area contributed by atoms with E-state index in [-0.39, 0.29) is 0 Å². The summed E-state index contributed by atoms with van der Waals surface area (Å²) in [6.45, 7) is 1.96. The van der Waals surface area contributed by atoms with Crippen LogP contribution in [0.2, 0.25) is 5.02 Å². The average Bonchev–Trinajstić information content (AvgIpc) is 2.37. The maximum Gasteiger partial charge on any atom is 0.330 e. The Bertz CT molecular complexity index is 581. The van der Waals surface area contributed by atoms with Gasteiger partial charge in [0.25, 0.3) is 0 Å². The molecule has 0 radical (unpaired) electrons. The van der Waals surface area contributed by atoms with E-state index in [1.54, 1.807) is 24.3 Å². The Morgan fingerprint density at radius 3 is 2.47 bits per heavy atom. The normalized spacial score (nSPS) is 11.9. The van der Waals surface area contributed by atoms with Gasteiger partial charge in [0, 0.05) is 10.7 Å². The van der Waals surface area contributed by atoms with E-state index in [0.29, 0.717) is 16.3 Å². The number of benzene rings is 2. The third-order valence-corrected chi connectivity index (χ3v) is 3.03. The van der Waals surface area contributed by atoms with Crippen LogP contribution < -0.4 is 5.32 Å². The molecule has 4 heteroatoms. The molecule has 0 heterocycles. The van der Waals surface area contributed by atoms with Crippen molar-refractivity contribution in [2.45, 2.75) is 13.0 Å². The highest BCUT2D eigenvalue weighted by Gasteiger charge is 2.19. The zero-order valence-corrected chi connectivity index (χ0v) is 11.2. The summed E-state index contributed by atoms with van der Waals surface area (Å²) in [5, 5.41) is 12.9. The summed E-state index contributed by atoms with van der Waals surface area (Å²) < 4.78 is 0. The summed E-state index contributed by atoms with van der Waals surface area (Å²) in [4.78, 5) is 11.4. The number of nitrogens with one attached hydrogen (secondary N) is 1. The fraction of sp³-hybridized carbons (Fsp3) is 0.133. The minimum Gasteiger partial charge on any atom is -0.479 e. The maximum absolute atomic E-state index is 11.4. The molecule has 0 spiro atoms. The molecule has 98 valence electrons. The molecule has 1 atom stereocenters. The summed E-state index contributed by atoms with van der Waals surface area (Å²) in [6.07, 6.45) is 0. The third kappa shape index (κ3) is 3.48. The average molecular weight is 276 g/mol. The number of hydrogen-bond acceptors (Lipinski definition) is 2. The number of halogens is 1. The monoisotopic (exact) mass is 275 g/mol. The molecule has 0 unspecified atom stereocenters. The van der Waals surface area contributed by atoms with Gasteiger partial charge in [0.15, 0.2) is 6.04 Å². The van der Waals surface area contributed by atoms with Crippen molar-refractivity contribution < 1.29 is 9.90 Å². The van der Waals surface area contributed by atoms with E-state index in [9.17, 15) is 9.90 Å². The molecule has 0 aliphatic carbocycles. The van der Waals surface area contributed by atoms with E-state index < -0.39 is 12.0 Å². The number of anilines is 1. The van der Waals surface area contributed by atoms with Crippen LogP contribution in [-0.2, 0) is 4.79 Å². The SMILES string of the molecule is Cc1ccc([C@@H](Nc2cccc(Cl)c2)C(=O)O)cc1. The van der Waals surface area contributed by atoms with Crippen LogP contribution in [0.1, 0.15) is 17.2 Å². The Balaban J connectivity index is 2.26. The predicted molar refractivity (Wildman–Crippen MR) is 76.6 cm³/mol. The van der Waals surface area contributed by atoms with Crippen molar-refractivity contribution >= 4 is 23.3 Å². The number of aliphatic carboxylic acids is 1. The van der Waals surface area contributed by atoms with Gasteiger partial charge in [0.05, 0.1) is 0 Å². The molecule has 2 aromatic carbocycles. The lowest BCUT2D eigenvalue weighted by Crippen LogP contribution is -2.20. The van der Waals surface area contributed by atoms with Crippen molar-refractivity contribution in [2.24, 2.45) is 0 Å². The second-order valence-electron chi connectivity index (χ2n) is 4.34. The van der Waals surface area contributed by atoms with E-state index in [4.69, 9.17) is 11.6 Å². The number of carbonyl (C=O) groups is 1. The van der Waals surface area contributed by atoms with Gasteiger partial charge in [-0.05, 0) is 30.7 Å². The first-order valence-electron chi connectivity index (χ1n) is 5.88. The zero-order chi connectivity index (χ0) is 13.8. The van der Waals surface area contributed by atoms with Crippen LogP contribution in [0.3, 0.4) is 0 Å². The van der Waals surface area contributed by atoms with E-state index >= 15 is 0 Å². The van der Waals surface area contributed by atoms with Crippen LogP contribution >= 0.6 is 11.6 Å². The second kappa shape index (κ2) is 5.76. The van der Waals surface area contributed by atoms with Gasteiger partial charge < -0.3 is 10.4 Å². The van der Waals surface area contributed by atoms with E-state index in [2.05, 4.69) is 5.32 Å². The zero-order valence-electron chi connectivity index (χ0n) is 10.4. The number of carboxylic acids is 1. The fourth-order valence-corrected chi connectivity index (χ4v) is 1.98. The second-order valence-corrected chi connectivity index (χ2v) is 4.77. The van der Waals surface area contributed by atoms with Crippen LogP contribution in [0.25, 0.3) is 0 Å². The topological polar surface area (TPSA) is 49.3 Å². The van der Waals surface area contributed by atoms with Crippen LogP contribution in [0.15, 0.2) is 48.5 Å². The van der Waals surface area contributed by atoms with Crippen LogP contribution in [-0.4, -0.2) is 11.1 Å². The van der Waals surface area contributed by atoms with Crippen molar-refractivity contribution in [1.29, 1.82) is 0 Å². The van der Waals surface area contributed by atoms with Gasteiger partial charge in [0.2, 0.25) is 0 Å². The number of hydrogen-bond donors (Lipinski definition) is 2. The molecule has 2 rings (SSSR count). The van der Waals surface area contributed by atoms with Crippen molar-refractivity contribution in [3.63, 3.8) is 0 Å². The summed E-state index contributed by atoms with van der Waals surface area (Å²) in [5.74, 6) is -0.927. The van der Waals surface area contributed by atoms with E-state index in [1.807, 2.05) is 31.2 Å². The first kappa shape index (κ1) is 13.4. The predicted octanol–water partition coefficient (Wildman–Crippen LogP) is 3.89. The molecule has 0 amide bonds. The van der Waals surface area contributed by atoms with Gasteiger partial charge in [-0.3, -0.25) is 0 Å². The number of rotatable bonds is 4. The smallest absolute Gasteiger partial charge is 0.330 e. The molecule has 0 bridgehead atoms. The Morgan fingerprint density at radius 1 is 1.21 bits per heavy atom. The van der Waals surface area contributed by atoms with Gasteiger partial charge in [-0.15, -0.1) is 0 Å². The highest BCUT2D eigenvalue weighted by Crippen LogP contribution is 2.22. The van der Waals surface area contributed by atoms with Crippen molar-refractivity contribution in [3.05, 3.63) is 64.7 Å².